The molecule has 1 rings (SSSR count). The average molecular weight is 246 g/mol. The summed E-state index contributed by atoms with van der Waals surface area (Å²) in [4.78, 5) is 21.8. The number of halogens is 5. The lowest BCUT2D eigenvalue weighted by Gasteiger charge is -2.25. The molecular formula is C8H7F5O3. The Bertz CT molecular complexity index is 309. The highest BCUT2D eigenvalue weighted by Crippen LogP contribution is 2.39. The van der Waals surface area contributed by atoms with Crippen LogP contribution in [0.25, 0.3) is 0 Å². The van der Waals surface area contributed by atoms with E-state index in [0.29, 0.717) is 0 Å². The molecule has 1 unspecified atom stereocenters. The van der Waals surface area contributed by atoms with Crippen molar-refractivity contribution in [1.82, 2.24) is 0 Å². The van der Waals surface area contributed by atoms with Crippen molar-refractivity contribution >= 4 is 11.8 Å². The highest BCUT2D eigenvalue weighted by molar-refractivity contribution is 6.03. The number of hydrogen-bond acceptors (Lipinski definition) is 3. The predicted octanol–water partition coefficient (Wildman–Crippen LogP) is 1.71. The molecule has 16 heavy (non-hydrogen) atoms. The average Bonchev–Trinajstić information content (AvgIpc) is 2.15. The lowest BCUT2D eigenvalue weighted by molar-refractivity contribution is -0.270. The van der Waals surface area contributed by atoms with Gasteiger partial charge in [-0.3, -0.25) is 9.59 Å². The van der Waals surface area contributed by atoms with Crippen molar-refractivity contribution in [3.05, 3.63) is 0 Å². The van der Waals surface area contributed by atoms with Crippen LogP contribution in [0.1, 0.15) is 12.8 Å². The number of carbonyl (C=O) groups is 2. The second-order valence-electron chi connectivity index (χ2n) is 3.30. The van der Waals surface area contributed by atoms with Crippen molar-refractivity contribution in [2.45, 2.75) is 24.9 Å². The summed E-state index contributed by atoms with van der Waals surface area (Å²) < 4.78 is 65.0. The summed E-state index contributed by atoms with van der Waals surface area (Å²) in [6.07, 6.45) is -6.23. The Hall–Kier alpha value is -1.21. The fourth-order valence-electron chi connectivity index (χ4n) is 1.28. The SMILES string of the molecule is O=C1OCCCC1C(=O)C(F)(F)C(F)(F)F. The standard InChI is InChI=1S/C8H7F5O3/c9-7(10,8(11,12)13)5(14)4-2-1-3-16-6(4)15/h4H,1-3H2. The molecule has 0 aromatic rings. The number of rotatable bonds is 2. The molecular weight excluding hydrogens is 239 g/mol. The minimum absolute atomic E-state index is 0.0692. The van der Waals surface area contributed by atoms with Crippen molar-refractivity contribution in [3.63, 3.8) is 0 Å². The fourth-order valence-corrected chi connectivity index (χ4v) is 1.28. The topological polar surface area (TPSA) is 43.4 Å². The molecule has 1 aliphatic heterocycles. The number of carbonyl (C=O) groups excluding carboxylic acids is 2. The third-order valence-electron chi connectivity index (χ3n) is 2.15. The van der Waals surface area contributed by atoms with Gasteiger partial charge in [-0.25, -0.2) is 0 Å². The maximum absolute atomic E-state index is 12.6. The minimum atomic E-state index is -5.98. The van der Waals surface area contributed by atoms with E-state index in [1.54, 1.807) is 0 Å². The number of cyclic esters (lactones) is 1. The van der Waals surface area contributed by atoms with Crippen molar-refractivity contribution in [1.29, 1.82) is 0 Å². The molecule has 1 atom stereocenters. The molecule has 0 amide bonds. The van der Waals surface area contributed by atoms with E-state index in [1.807, 2.05) is 0 Å². The number of hydrogen-bond donors (Lipinski definition) is 0. The van der Waals surface area contributed by atoms with E-state index in [0.717, 1.165) is 0 Å². The van der Waals surface area contributed by atoms with E-state index in [9.17, 15) is 31.5 Å². The second-order valence-corrected chi connectivity index (χ2v) is 3.30. The van der Waals surface area contributed by atoms with E-state index < -0.39 is 29.8 Å². The Labute approximate surface area is 86.6 Å². The van der Waals surface area contributed by atoms with Gasteiger partial charge >= 0.3 is 18.1 Å². The Kier molecular flexibility index (Phi) is 3.20. The number of esters is 1. The first-order chi connectivity index (χ1) is 7.18. The molecule has 0 spiro atoms. The molecule has 1 aliphatic rings. The Morgan fingerprint density at radius 1 is 1.25 bits per heavy atom. The molecule has 0 aliphatic carbocycles. The molecule has 0 bridgehead atoms. The van der Waals surface area contributed by atoms with E-state index in [-0.39, 0.29) is 19.4 Å². The molecule has 3 nitrogen and oxygen atoms in total. The molecule has 0 saturated carbocycles. The molecule has 92 valence electrons. The Morgan fingerprint density at radius 3 is 2.25 bits per heavy atom. The van der Waals surface area contributed by atoms with Crippen LogP contribution in [0.5, 0.6) is 0 Å². The van der Waals surface area contributed by atoms with Crippen LogP contribution in [-0.4, -0.2) is 30.5 Å². The highest BCUT2D eigenvalue weighted by Gasteiger charge is 2.65. The first-order valence-corrected chi connectivity index (χ1v) is 4.33. The zero-order valence-corrected chi connectivity index (χ0v) is 7.81. The number of ketones is 1. The second kappa shape index (κ2) is 3.99. The van der Waals surface area contributed by atoms with Crippen LogP contribution in [-0.2, 0) is 14.3 Å². The number of ether oxygens (including phenoxy) is 1. The normalized spacial score (nSPS) is 22.8. The lowest BCUT2D eigenvalue weighted by Crippen LogP contribution is -2.49. The van der Waals surface area contributed by atoms with Gasteiger partial charge in [0.1, 0.15) is 5.92 Å². The summed E-state index contributed by atoms with van der Waals surface area (Å²) in [5.41, 5.74) is 0. The van der Waals surface area contributed by atoms with Gasteiger partial charge in [0.05, 0.1) is 6.61 Å². The van der Waals surface area contributed by atoms with Crippen LogP contribution in [0.2, 0.25) is 0 Å². The largest absolute Gasteiger partial charge is 0.465 e. The fraction of sp³-hybridized carbons (Fsp3) is 0.750. The molecule has 0 aromatic carbocycles. The molecule has 0 N–H and O–H groups in total. The van der Waals surface area contributed by atoms with Crippen molar-refractivity contribution in [2.75, 3.05) is 6.61 Å². The van der Waals surface area contributed by atoms with Gasteiger partial charge in [0.15, 0.2) is 0 Å². The minimum Gasteiger partial charge on any atom is -0.465 e. The summed E-state index contributed by atoms with van der Waals surface area (Å²) in [5.74, 6) is -11.3. The Balaban J connectivity index is 2.88. The van der Waals surface area contributed by atoms with Gasteiger partial charge in [-0.2, -0.15) is 22.0 Å². The van der Waals surface area contributed by atoms with E-state index >= 15 is 0 Å². The van der Waals surface area contributed by atoms with Crippen LogP contribution < -0.4 is 0 Å². The van der Waals surface area contributed by atoms with Crippen molar-refractivity contribution in [2.24, 2.45) is 5.92 Å². The van der Waals surface area contributed by atoms with Gasteiger partial charge in [0.25, 0.3) is 0 Å². The zero-order chi connectivity index (χ0) is 12.6. The summed E-state index contributed by atoms with van der Waals surface area (Å²) in [7, 11) is 0. The van der Waals surface area contributed by atoms with Gasteiger partial charge in [0.2, 0.25) is 5.78 Å². The maximum atomic E-state index is 12.6. The van der Waals surface area contributed by atoms with E-state index in [2.05, 4.69) is 4.74 Å². The summed E-state index contributed by atoms with van der Waals surface area (Å²) in [6.45, 7) is -0.0692. The number of alkyl halides is 5. The van der Waals surface area contributed by atoms with Gasteiger partial charge < -0.3 is 4.74 Å². The van der Waals surface area contributed by atoms with Gasteiger partial charge in [-0.1, -0.05) is 0 Å². The predicted molar refractivity (Wildman–Crippen MR) is 39.7 cm³/mol. The molecule has 0 aromatic heterocycles. The van der Waals surface area contributed by atoms with Crippen molar-refractivity contribution in [3.8, 4) is 0 Å². The van der Waals surface area contributed by atoms with Gasteiger partial charge in [-0.15, -0.1) is 0 Å². The van der Waals surface area contributed by atoms with Gasteiger partial charge in [0, 0.05) is 0 Å². The highest BCUT2D eigenvalue weighted by atomic mass is 19.4. The van der Waals surface area contributed by atoms with Crippen LogP contribution in [0.3, 0.4) is 0 Å². The summed E-state index contributed by atoms with van der Waals surface area (Å²) in [6, 6.07) is 0. The Morgan fingerprint density at radius 2 is 1.81 bits per heavy atom. The quantitative estimate of drug-likeness (QED) is 0.423. The molecule has 8 heteroatoms. The summed E-state index contributed by atoms with van der Waals surface area (Å²) in [5, 5.41) is 0. The van der Waals surface area contributed by atoms with Crippen LogP contribution in [0, 0.1) is 5.92 Å². The lowest BCUT2D eigenvalue weighted by atomic mass is 9.92. The monoisotopic (exact) mass is 246 g/mol. The van der Waals surface area contributed by atoms with E-state index in [1.165, 1.54) is 0 Å². The van der Waals surface area contributed by atoms with Crippen LogP contribution in [0.15, 0.2) is 0 Å². The number of Topliss-reactive ketones (excluding diaryl/α,β-unsaturated/α-hetero) is 1. The first-order valence-electron chi connectivity index (χ1n) is 4.33. The molecule has 0 radical (unpaired) electrons. The zero-order valence-electron chi connectivity index (χ0n) is 7.81. The smallest absolute Gasteiger partial charge is 0.461 e. The third-order valence-corrected chi connectivity index (χ3v) is 2.15. The molecule has 1 fully saturated rings. The third kappa shape index (κ3) is 2.14. The first kappa shape index (κ1) is 12.9. The summed E-state index contributed by atoms with van der Waals surface area (Å²) >= 11 is 0. The van der Waals surface area contributed by atoms with Crippen LogP contribution >= 0.6 is 0 Å². The van der Waals surface area contributed by atoms with Crippen LogP contribution in [0.4, 0.5) is 22.0 Å². The molecule has 1 saturated heterocycles. The molecule has 1 heterocycles. The van der Waals surface area contributed by atoms with E-state index in [4.69, 9.17) is 0 Å². The van der Waals surface area contributed by atoms with Crippen molar-refractivity contribution < 1.29 is 36.3 Å². The maximum Gasteiger partial charge on any atom is 0.461 e. The van der Waals surface area contributed by atoms with Gasteiger partial charge in [-0.05, 0) is 12.8 Å².